The van der Waals surface area contributed by atoms with Crippen molar-refractivity contribution in [3.63, 3.8) is 0 Å². The molecule has 3 rings (SSSR count). The molecule has 2 aromatic rings. The van der Waals surface area contributed by atoms with Crippen molar-refractivity contribution >= 4 is 17.7 Å². The molecule has 0 radical (unpaired) electrons. The molecular weight excluding hydrogens is 456 g/mol. The summed E-state index contributed by atoms with van der Waals surface area (Å²) in [7, 11) is 0. The monoisotopic (exact) mass is 498 g/mol. The highest BCUT2D eigenvalue weighted by Crippen LogP contribution is 2.42. The number of halogens is 1. The highest BCUT2D eigenvalue weighted by molar-refractivity contribution is 5.84. The predicted octanol–water partition coefficient (Wildman–Crippen LogP) is 5.16. The lowest BCUT2D eigenvalue weighted by molar-refractivity contribution is -0.434. The third-order valence-electron chi connectivity index (χ3n) is 6.68. The topological polar surface area (TPSA) is 6.25 Å². The number of para-hydroxylation sites is 2. The van der Waals surface area contributed by atoms with Gasteiger partial charge in [-0.05, 0) is 37.5 Å². The van der Waals surface area contributed by atoms with Crippen molar-refractivity contribution in [1.29, 1.82) is 0 Å². The van der Waals surface area contributed by atoms with E-state index in [0.29, 0.717) is 23.7 Å². The van der Waals surface area contributed by atoms with E-state index in [9.17, 15) is 0 Å². The maximum atomic E-state index is 2.57. The summed E-state index contributed by atoms with van der Waals surface area (Å²) in [6.07, 6.45) is 2.40. The molecule has 0 bridgehead atoms. The van der Waals surface area contributed by atoms with E-state index in [1.54, 1.807) is 0 Å². The minimum absolute atomic E-state index is 0. The van der Waals surface area contributed by atoms with Crippen LogP contribution in [0, 0.1) is 0 Å². The molecule has 2 nitrogen and oxygen atoms in total. The lowest BCUT2D eigenvalue weighted by Gasteiger charge is -2.29. The van der Waals surface area contributed by atoms with Crippen LogP contribution in [0.3, 0.4) is 0 Å². The summed E-state index contributed by atoms with van der Waals surface area (Å²) in [6, 6.07) is 13.7. The Labute approximate surface area is 207 Å². The minimum Gasteiger partial charge on any atom is -1.00 e. The molecule has 0 atom stereocenters. The van der Waals surface area contributed by atoms with Gasteiger partial charge in [-0.3, -0.25) is 0 Å². The van der Waals surface area contributed by atoms with E-state index in [1.165, 1.54) is 33.6 Å². The van der Waals surface area contributed by atoms with Crippen LogP contribution < -0.4 is 21.9 Å². The Morgan fingerprint density at radius 1 is 0.688 bits per heavy atom. The molecule has 0 N–H and O–H groups in total. The molecule has 0 amide bonds. The average Bonchev–Trinajstić information content (AvgIpc) is 3.00. The second kappa shape index (κ2) is 10.1. The van der Waals surface area contributed by atoms with E-state index < -0.39 is 0 Å². The molecule has 0 spiro atoms. The van der Waals surface area contributed by atoms with Gasteiger partial charge >= 0.3 is 0 Å². The molecule has 1 heterocycles. The summed E-state index contributed by atoms with van der Waals surface area (Å²) in [4.78, 5) is 2.57. The summed E-state index contributed by atoms with van der Waals surface area (Å²) >= 11 is 0. The van der Waals surface area contributed by atoms with Crippen LogP contribution in [0.5, 0.6) is 0 Å². The molecular formula is C29H43BrN2. The molecule has 1 aliphatic rings. The van der Waals surface area contributed by atoms with Crippen molar-refractivity contribution in [2.45, 2.75) is 98.4 Å². The average molecular weight is 500 g/mol. The zero-order valence-corrected chi connectivity index (χ0v) is 23.4. The molecule has 0 aromatic heterocycles. The SMILES string of the molecule is CC(C)c1cccc(C(C)C)c1N1C=[N+](c2c(C(C)C)cccc2C(C)C)CC1(C)C.[Br-]. The molecule has 176 valence electrons. The first-order valence-electron chi connectivity index (χ1n) is 12.1. The molecule has 2 aromatic carbocycles. The number of nitrogens with zero attached hydrogens (tertiary/aromatic N) is 2. The molecule has 1 aliphatic heterocycles. The van der Waals surface area contributed by atoms with Crippen LogP contribution in [0.25, 0.3) is 0 Å². The van der Waals surface area contributed by atoms with Gasteiger partial charge in [0.15, 0.2) is 0 Å². The Bertz CT molecular complexity index is 915. The maximum absolute atomic E-state index is 2.57. The van der Waals surface area contributed by atoms with Crippen molar-refractivity contribution in [1.82, 2.24) is 0 Å². The van der Waals surface area contributed by atoms with E-state index in [0.717, 1.165) is 6.54 Å². The van der Waals surface area contributed by atoms with Gasteiger partial charge in [0, 0.05) is 22.3 Å². The van der Waals surface area contributed by atoms with Gasteiger partial charge in [-0.25, -0.2) is 9.48 Å². The molecule has 0 saturated carbocycles. The van der Waals surface area contributed by atoms with Crippen molar-refractivity contribution in [2.24, 2.45) is 0 Å². The Hall–Kier alpha value is -1.61. The third kappa shape index (κ3) is 4.98. The smallest absolute Gasteiger partial charge is 0.245 e. The van der Waals surface area contributed by atoms with E-state index in [1.807, 2.05) is 0 Å². The molecule has 32 heavy (non-hydrogen) atoms. The Balaban J connectivity index is 0.00000363. The first kappa shape index (κ1) is 26.6. The quantitative estimate of drug-likeness (QED) is 0.498. The summed E-state index contributed by atoms with van der Waals surface area (Å²) in [6.45, 7) is 24.3. The largest absolute Gasteiger partial charge is 1.00 e. The van der Waals surface area contributed by atoms with E-state index >= 15 is 0 Å². The lowest BCUT2D eigenvalue weighted by Crippen LogP contribution is -3.00. The lowest BCUT2D eigenvalue weighted by atomic mass is 9.90. The van der Waals surface area contributed by atoms with Crippen LogP contribution in [0.2, 0.25) is 0 Å². The Morgan fingerprint density at radius 2 is 1.06 bits per heavy atom. The van der Waals surface area contributed by atoms with Crippen molar-refractivity contribution in [3.8, 4) is 0 Å². The highest BCUT2D eigenvalue weighted by Gasteiger charge is 2.44. The van der Waals surface area contributed by atoms with Gasteiger partial charge in [-0.2, -0.15) is 0 Å². The molecule has 0 aliphatic carbocycles. The second-order valence-electron chi connectivity index (χ2n) is 11.1. The fraction of sp³-hybridized carbons (Fsp3) is 0.552. The van der Waals surface area contributed by atoms with Crippen molar-refractivity contribution in [2.75, 3.05) is 11.4 Å². The maximum Gasteiger partial charge on any atom is 0.245 e. The molecule has 0 fully saturated rings. The van der Waals surface area contributed by atoms with Crippen molar-refractivity contribution < 1.29 is 21.6 Å². The van der Waals surface area contributed by atoms with Gasteiger partial charge in [0.05, 0.1) is 0 Å². The number of rotatable bonds is 6. The van der Waals surface area contributed by atoms with Gasteiger partial charge in [0.1, 0.15) is 23.5 Å². The van der Waals surface area contributed by atoms with Crippen LogP contribution >= 0.6 is 0 Å². The van der Waals surface area contributed by atoms with Crippen LogP contribution in [0.15, 0.2) is 36.4 Å². The second-order valence-corrected chi connectivity index (χ2v) is 11.1. The summed E-state index contributed by atoms with van der Waals surface area (Å²) in [5.74, 6) is 1.96. The third-order valence-corrected chi connectivity index (χ3v) is 6.68. The zero-order valence-electron chi connectivity index (χ0n) is 21.8. The standard InChI is InChI=1S/C29H43N2.BrH/c1-19(2)23-13-11-14-24(20(3)4)27(23)30-17-29(9,10)31(18-30)28-25(21(5)6)15-12-16-26(28)22(7)8;/h11-16,18-22H,17H2,1-10H3;1H/q+1;/p-1. The van der Waals surface area contributed by atoms with Gasteiger partial charge in [-0.15, -0.1) is 0 Å². The first-order valence-corrected chi connectivity index (χ1v) is 12.1. The first-order chi connectivity index (χ1) is 14.5. The van der Waals surface area contributed by atoms with E-state index in [2.05, 4.69) is 121 Å². The summed E-state index contributed by atoms with van der Waals surface area (Å²) < 4.78 is 2.53. The summed E-state index contributed by atoms with van der Waals surface area (Å²) in [5.41, 5.74) is 8.61. The number of hydrogen-bond donors (Lipinski definition) is 0. The fourth-order valence-corrected chi connectivity index (χ4v) is 4.96. The van der Waals surface area contributed by atoms with Crippen LogP contribution in [0.4, 0.5) is 11.4 Å². The summed E-state index contributed by atoms with van der Waals surface area (Å²) in [5, 5.41) is 0. The van der Waals surface area contributed by atoms with E-state index in [4.69, 9.17) is 0 Å². The fourth-order valence-electron chi connectivity index (χ4n) is 4.96. The van der Waals surface area contributed by atoms with Gasteiger partial charge < -0.3 is 17.0 Å². The number of hydrogen-bond acceptors (Lipinski definition) is 1. The molecule has 0 unspecified atom stereocenters. The van der Waals surface area contributed by atoms with Crippen LogP contribution in [-0.2, 0) is 0 Å². The van der Waals surface area contributed by atoms with Crippen molar-refractivity contribution in [3.05, 3.63) is 58.7 Å². The van der Waals surface area contributed by atoms with Gasteiger partial charge in [0.2, 0.25) is 6.34 Å². The minimum atomic E-state index is 0. The van der Waals surface area contributed by atoms with Crippen LogP contribution in [0.1, 0.15) is 115 Å². The van der Waals surface area contributed by atoms with Gasteiger partial charge in [0.25, 0.3) is 0 Å². The number of benzene rings is 2. The Morgan fingerprint density at radius 3 is 1.44 bits per heavy atom. The van der Waals surface area contributed by atoms with Gasteiger partial charge in [-0.1, -0.05) is 91.8 Å². The highest BCUT2D eigenvalue weighted by atomic mass is 79.9. The number of anilines is 1. The normalized spacial score (nSPS) is 15.7. The molecule has 3 heteroatoms. The molecule has 0 saturated heterocycles. The zero-order chi connectivity index (χ0) is 23.1. The van der Waals surface area contributed by atoms with Crippen LogP contribution in [-0.4, -0.2) is 23.0 Å². The van der Waals surface area contributed by atoms with E-state index in [-0.39, 0.29) is 22.5 Å². The Kier molecular flexibility index (Phi) is 8.42. The predicted molar refractivity (Wildman–Crippen MR) is 137 cm³/mol.